The number of ether oxygens (including phenoxy) is 1. The molecule has 0 bridgehead atoms. The van der Waals surface area contributed by atoms with Crippen LogP contribution in [-0.4, -0.2) is 48.8 Å². The van der Waals surface area contributed by atoms with E-state index in [-0.39, 0.29) is 18.6 Å². The highest BCUT2D eigenvalue weighted by Crippen LogP contribution is 2.27. The first-order valence-electron chi connectivity index (χ1n) is 10.9. The summed E-state index contributed by atoms with van der Waals surface area (Å²) in [4.78, 5) is 27.6. The number of amides is 1. The van der Waals surface area contributed by atoms with E-state index < -0.39 is 0 Å². The van der Waals surface area contributed by atoms with Crippen molar-refractivity contribution in [1.82, 2.24) is 15.3 Å². The number of aromatic nitrogens is 2. The highest BCUT2D eigenvalue weighted by Gasteiger charge is 2.12. The number of nitrogens with one attached hydrogen (secondary N) is 2. The Morgan fingerprint density at radius 2 is 1.97 bits per heavy atom. The van der Waals surface area contributed by atoms with Crippen molar-refractivity contribution >= 4 is 29.4 Å². The van der Waals surface area contributed by atoms with Gasteiger partial charge in [0.05, 0.1) is 6.54 Å². The molecule has 0 unspecified atom stereocenters. The van der Waals surface area contributed by atoms with Crippen molar-refractivity contribution in [2.75, 3.05) is 30.9 Å². The van der Waals surface area contributed by atoms with Crippen molar-refractivity contribution in [3.63, 3.8) is 0 Å². The van der Waals surface area contributed by atoms with E-state index in [4.69, 9.17) is 14.7 Å². The topological polar surface area (TPSA) is 91.7 Å². The van der Waals surface area contributed by atoms with Gasteiger partial charge in [-0.2, -0.15) is 0 Å². The second-order valence-electron chi connectivity index (χ2n) is 8.38. The Labute approximate surface area is 193 Å². The lowest BCUT2D eigenvalue weighted by Gasteiger charge is -2.16. The molecule has 1 amide bonds. The summed E-state index contributed by atoms with van der Waals surface area (Å²) in [5.41, 5.74) is 4.07. The minimum Gasteiger partial charge on any atom is -0.484 e. The minimum atomic E-state index is -0.160. The number of anilines is 3. The Hall–Kier alpha value is -3.94. The number of carbonyl (C=O) groups excluding carboxylic acids is 1. The first-order chi connectivity index (χ1) is 15.9. The van der Waals surface area contributed by atoms with Gasteiger partial charge in [-0.1, -0.05) is 18.2 Å². The summed E-state index contributed by atoms with van der Waals surface area (Å²) >= 11 is 0. The van der Waals surface area contributed by atoms with E-state index >= 15 is 0 Å². The highest BCUT2D eigenvalue weighted by molar-refractivity contribution is 5.86. The van der Waals surface area contributed by atoms with Crippen LogP contribution in [0.2, 0.25) is 0 Å². The molecule has 0 spiro atoms. The maximum Gasteiger partial charge on any atom is 0.258 e. The zero-order valence-corrected chi connectivity index (χ0v) is 19.3. The summed E-state index contributed by atoms with van der Waals surface area (Å²) < 4.78 is 5.67. The Bertz CT molecular complexity index is 1190. The fourth-order valence-electron chi connectivity index (χ4n) is 3.42. The second-order valence-corrected chi connectivity index (χ2v) is 8.38. The SMILES string of the molecule is CC(C)NC(=O)COc1cccc(-c2nc(Nc3ccc4c(c3)C=NC4)cc(N(C)C)n2)c1. The highest BCUT2D eigenvalue weighted by atomic mass is 16.5. The normalized spacial score (nSPS) is 11.9. The molecule has 0 fully saturated rings. The number of hydrogen-bond acceptors (Lipinski definition) is 7. The van der Waals surface area contributed by atoms with Gasteiger partial charge in [-0.25, -0.2) is 9.97 Å². The van der Waals surface area contributed by atoms with Crippen LogP contribution in [0.4, 0.5) is 17.3 Å². The van der Waals surface area contributed by atoms with Crippen LogP contribution in [0.3, 0.4) is 0 Å². The molecule has 170 valence electrons. The molecule has 8 nitrogen and oxygen atoms in total. The van der Waals surface area contributed by atoms with Gasteiger partial charge in [0.1, 0.15) is 17.4 Å². The van der Waals surface area contributed by atoms with Crippen molar-refractivity contribution < 1.29 is 9.53 Å². The standard InChI is InChI=1S/C25H28N6O2/c1-16(2)27-24(32)15-33-21-7-5-6-17(11-21)25-29-22(12-23(30-25)31(3)4)28-20-9-8-18-13-26-14-19(18)10-20/h5-12,14,16H,13,15H2,1-4H3,(H,27,32)(H,28,29,30). The molecular weight excluding hydrogens is 416 g/mol. The lowest BCUT2D eigenvalue weighted by Crippen LogP contribution is -2.34. The van der Waals surface area contributed by atoms with Crippen molar-refractivity contribution in [1.29, 1.82) is 0 Å². The van der Waals surface area contributed by atoms with Crippen LogP contribution in [0.25, 0.3) is 11.4 Å². The summed E-state index contributed by atoms with van der Waals surface area (Å²) in [5, 5.41) is 6.20. The number of hydrogen-bond donors (Lipinski definition) is 2. The van der Waals surface area contributed by atoms with E-state index in [0.29, 0.717) is 17.4 Å². The molecule has 0 radical (unpaired) electrons. The van der Waals surface area contributed by atoms with Crippen LogP contribution in [0, 0.1) is 0 Å². The summed E-state index contributed by atoms with van der Waals surface area (Å²) in [6.45, 7) is 4.51. The predicted octanol–water partition coefficient (Wildman–Crippen LogP) is 3.79. The molecule has 0 atom stereocenters. The fraction of sp³-hybridized carbons (Fsp3) is 0.280. The van der Waals surface area contributed by atoms with Gasteiger partial charge in [-0.15, -0.1) is 0 Å². The van der Waals surface area contributed by atoms with Gasteiger partial charge in [0.15, 0.2) is 12.4 Å². The van der Waals surface area contributed by atoms with Gasteiger partial charge >= 0.3 is 0 Å². The van der Waals surface area contributed by atoms with Crippen LogP contribution in [0.1, 0.15) is 25.0 Å². The Balaban J connectivity index is 1.58. The molecule has 2 aromatic carbocycles. The number of benzene rings is 2. The number of nitrogens with zero attached hydrogens (tertiary/aromatic N) is 4. The van der Waals surface area contributed by atoms with Gasteiger partial charge in [-0.3, -0.25) is 9.79 Å². The molecule has 0 aliphatic carbocycles. The van der Waals surface area contributed by atoms with Gasteiger partial charge < -0.3 is 20.3 Å². The molecule has 33 heavy (non-hydrogen) atoms. The maximum absolute atomic E-state index is 11.9. The number of carbonyl (C=O) groups is 1. The van der Waals surface area contributed by atoms with Gasteiger partial charge in [0.2, 0.25) is 0 Å². The molecule has 2 N–H and O–H groups in total. The third-order valence-electron chi connectivity index (χ3n) is 4.99. The van der Waals surface area contributed by atoms with E-state index in [1.807, 2.05) is 75.5 Å². The summed E-state index contributed by atoms with van der Waals surface area (Å²) in [7, 11) is 3.88. The fourth-order valence-corrected chi connectivity index (χ4v) is 3.42. The molecule has 0 saturated heterocycles. The van der Waals surface area contributed by atoms with Crippen LogP contribution in [0.5, 0.6) is 5.75 Å². The van der Waals surface area contributed by atoms with Crippen molar-refractivity contribution in [3.05, 3.63) is 59.7 Å². The molecule has 4 rings (SSSR count). The van der Waals surface area contributed by atoms with Crippen LogP contribution < -0.4 is 20.3 Å². The summed E-state index contributed by atoms with van der Waals surface area (Å²) in [5.74, 6) is 2.43. The summed E-state index contributed by atoms with van der Waals surface area (Å²) in [6.07, 6.45) is 1.89. The number of aliphatic imine (C=N–C) groups is 1. The second kappa shape index (κ2) is 9.68. The number of rotatable bonds is 8. The zero-order valence-electron chi connectivity index (χ0n) is 19.3. The monoisotopic (exact) mass is 444 g/mol. The zero-order chi connectivity index (χ0) is 23.4. The van der Waals surface area contributed by atoms with Crippen molar-refractivity contribution in [2.24, 2.45) is 4.99 Å². The van der Waals surface area contributed by atoms with E-state index in [9.17, 15) is 4.79 Å². The molecule has 2 heterocycles. The van der Waals surface area contributed by atoms with Crippen LogP contribution >= 0.6 is 0 Å². The average molecular weight is 445 g/mol. The van der Waals surface area contributed by atoms with Gasteiger partial charge in [0, 0.05) is 43.7 Å². The molecule has 3 aromatic rings. The van der Waals surface area contributed by atoms with E-state index in [2.05, 4.69) is 27.8 Å². The first kappa shape index (κ1) is 22.3. The molecule has 0 saturated carbocycles. The quantitative estimate of drug-likeness (QED) is 0.549. The Morgan fingerprint density at radius 3 is 2.76 bits per heavy atom. The largest absolute Gasteiger partial charge is 0.484 e. The predicted molar refractivity (Wildman–Crippen MR) is 132 cm³/mol. The molecular formula is C25H28N6O2. The lowest BCUT2D eigenvalue weighted by molar-refractivity contribution is -0.123. The van der Waals surface area contributed by atoms with Gasteiger partial charge in [0.25, 0.3) is 5.91 Å². The van der Waals surface area contributed by atoms with Crippen molar-refractivity contribution in [2.45, 2.75) is 26.4 Å². The third-order valence-corrected chi connectivity index (χ3v) is 4.99. The number of fused-ring (bicyclic) bond motifs is 1. The van der Waals surface area contributed by atoms with E-state index in [1.54, 1.807) is 0 Å². The van der Waals surface area contributed by atoms with Crippen molar-refractivity contribution in [3.8, 4) is 17.1 Å². The smallest absolute Gasteiger partial charge is 0.258 e. The first-order valence-corrected chi connectivity index (χ1v) is 10.9. The van der Waals surface area contributed by atoms with Crippen LogP contribution in [-0.2, 0) is 11.3 Å². The summed E-state index contributed by atoms with van der Waals surface area (Å²) in [6, 6.07) is 15.6. The minimum absolute atomic E-state index is 0.0470. The Morgan fingerprint density at radius 1 is 1.12 bits per heavy atom. The lowest BCUT2D eigenvalue weighted by atomic mass is 10.1. The molecule has 1 aromatic heterocycles. The van der Waals surface area contributed by atoms with Gasteiger partial charge in [-0.05, 0) is 49.2 Å². The average Bonchev–Trinajstić information content (AvgIpc) is 3.25. The van der Waals surface area contributed by atoms with E-state index in [1.165, 1.54) is 5.56 Å². The maximum atomic E-state index is 11.9. The third kappa shape index (κ3) is 5.65. The molecule has 1 aliphatic heterocycles. The molecule has 8 heteroatoms. The van der Waals surface area contributed by atoms with Crippen LogP contribution in [0.15, 0.2) is 53.5 Å². The Kier molecular flexibility index (Phi) is 6.53. The van der Waals surface area contributed by atoms with E-state index in [0.717, 1.165) is 29.2 Å². The molecule has 1 aliphatic rings.